The van der Waals surface area contributed by atoms with Crippen molar-refractivity contribution in [3.63, 3.8) is 0 Å². The second-order valence-electron chi connectivity index (χ2n) is 7.20. The van der Waals surface area contributed by atoms with E-state index >= 15 is 0 Å². The summed E-state index contributed by atoms with van der Waals surface area (Å²) in [4.78, 5) is 30.9. The first-order valence-corrected chi connectivity index (χ1v) is 10.6. The van der Waals surface area contributed by atoms with Crippen LogP contribution in [-0.2, 0) is 4.74 Å². The minimum atomic E-state index is -0.765. The quantitative estimate of drug-likeness (QED) is 0.421. The molecule has 0 fully saturated rings. The molecule has 2 N–H and O–H groups in total. The lowest BCUT2D eigenvalue weighted by Gasteiger charge is -2.23. The van der Waals surface area contributed by atoms with E-state index in [1.165, 1.54) is 7.11 Å². The van der Waals surface area contributed by atoms with E-state index in [0.29, 0.717) is 22.3 Å². The molecule has 0 spiro atoms. The number of hydrazine groups is 1. The van der Waals surface area contributed by atoms with Crippen molar-refractivity contribution < 1.29 is 24.2 Å². The van der Waals surface area contributed by atoms with Gasteiger partial charge < -0.3 is 14.6 Å². The highest BCUT2D eigenvalue weighted by molar-refractivity contribution is 6.12. The number of methoxy groups -OCH3 is 1. The van der Waals surface area contributed by atoms with Gasteiger partial charge in [-0.2, -0.15) is 5.01 Å². The highest BCUT2D eigenvalue weighted by Gasteiger charge is 2.27. The van der Waals surface area contributed by atoms with Gasteiger partial charge in [0.1, 0.15) is 12.3 Å². The Bertz CT molecular complexity index is 1300. The normalized spacial score (nSPS) is 10.5. The molecule has 0 aliphatic carbocycles. The zero-order chi connectivity index (χ0) is 23.9. The Morgan fingerprint density at radius 3 is 2.26 bits per heavy atom. The molecule has 1 aromatic heterocycles. The largest absolute Gasteiger partial charge is 0.488 e. The van der Waals surface area contributed by atoms with Crippen LogP contribution in [0, 0.1) is 0 Å². The highest BCUT2D eigenvalue weighted by Crippen LogP contribution is 2.36. The highest BCUT2D eigenvalue weighted by atomic mass is 16.5. The molecule has 0 bridgehead atoms. The standard InChI is InChI=1S/C26H23N3O5/c1-33-26(32)29(19-12-6-3-7-13-19)28-25(31)22-20-14-8-9-15-21(20)27-23(24(22)34-17-16-30)18-10-4-2-5-11-18/h2-15,30H,16-17H2,1H3,(H,28,31). The van der Waals surface area contributed by atoms with Crippen molar-refractivity contribution in [3.8, 4) is 17.0 Å². The molecule has 8 nitrogen and oxygen atoms in total. The van der Waals surface area contributed by atoms with E-state index < -0.39 is 12.0 Å². The van der Waals surface area contributed by atoms with E-state index in [4.69, 9.17) is 14.5 Å². The van der Waals surface area contributed by atoms with E-state index in [1.807, 2.05) is 36.4 Å². The zero-order valence-corrected chi connectivity index (χ0v) is 18.5. The first-order valence-electron chi connectivity index (χ1n) is 10.6. The summed E-state index contributed by atoms with van der Waals surface area (Å²) in [5, 5.41) is 11.0. The molecule has 172 valence electrons. The van der Waals surface area contributed by atoms with Gasteiger partial charge in [0.25, 0.3) is 5.91 Å². The maximum absolute atomic E-state index is 13.7. The number of fused-ring (bicyclic) bond motifs is 1. The van der Waals surface area contributed by atoms with Gasteiger partial charge in [0, 0.05) is 10.9 Å². The Kier molecular flexibility index (Phi) is 7.00. The molecule has 0 radical (unpaired) electrons. The van der Waals surface area contributed by atoms with Crippen LogP contribution in [0.25, 0.3) is 22.2 Å². The lowest BCUT2D eigenvalue weighted by molar-refractivity contribution is 0.0937. The first kappa shape index (κ1) is 22.8. The molecular weight excluding hydrogens is 434 g/mol. The lowest BCUT2D eigenvalue weighted by atomic mass is 10.0. The average Bonchev–Trinajstić information content (AvgIpc) is 2.90. The third-order valence-electron chi connectivity index (χ3n) is 5.04. The van der Waals surface area contributed by atoms with Gasteiger partial charge >= 0.3 is 6.09 Å². The number of benzene rings is 3. The lowest BCUT2D eigenvalue weighted by Crippen LogP contribution is -2.46. The number of hydrogen-bond donors (Lipinski definition) is 2. The minimum Gasteiger partial charge on any atom is -0.488 e. The predicted octanol–water partition coefficient (Wildman–Crippen LogP) is 4.19. The topological polar surface area (TPSA) is 101 Å². The van der Waals surface area contributed by atoms with Crippen LogP contribution in [0.4, 0.5) is 10.5 Å². The predicted molar refractivity (Wildman–Crippen MR) is 129 cm³/mol. The second-order valence-corrected chi connectivity index (χ2v) is 7.20. The fourth-order valence-corrected chi connectivity index (χ4v) is 3.54. The SMILES string of the molecule is COC(=O)N(NC(=O)c1c(OCCO)c(-c2ccccc2)nc2ccccc12)c1ccccc1. The molecule has 8 heteroatoms. The summed E-state index contributed by atoms with van der Waals surface area (Å²) in [7, 11) is 1.23. The van der Waals surface area contributed by atoms with Crippen LogP contribution < -0.4 is 15.2 Å². The molecule has 34 heavy (non-hydrogen) atoms. The number of aromatic nitrogens is 1. The molecule has 4 aromatic rings. The second kappa shape index (κ2) is 10.5. The fourth-order valence-electron chi connectivity index (χ4n) is 3.54. The molecule has 0 saturated heterocycles. The summed E-state index contributed by atoms with van der Waals surface area (Å²) in [6.45, 7) is -0.292. The molecule has 4 rings (SSSR count). The van der Waals surface area contributed by atoms with Gasteiger partial charge in [0.05, 0.1) is 30.5 Å². The number of carbonyl (C=O) groups is 2. The fraction of sp³-hybridized carbons (Fsp3) is 0.115. The van der Waals surface area contributed by atoms with E-state index in [9.17, 15) is 14.7 Å². The van der Waals surface area contributed by atoms with Crippen LogP contribution in [0.3, 0.4) is 0 Å². The van der Waals surface area contributed by atoms with Gasteiger partial charge in [-0.15, -0.1) is 0 Å². The Hall–Kier alpha value is -4.43. The van der Waals surface area contributed by atoms with Crippen LogP contribution in [0.2, 0.25) is 0 Å². The number of ether oxygens (including phenoxy) is 2. The smallest absolute Gasteiger partial charge is 0.433 e. The first-order chi connectivity index (χ1) is 16.6. The van der Waals surface area contributed by atoms with Crippen molar-refractivity contribution in [1.82, 2.24) is 10.4 Å². The van der Waals surface area contributed by atoms with Gasteiger partial charge in [-0.3, -0.25) is 10.2 Å². The summed E-state index contributed by atoms with van der Waals surface area (Å²) in [5.41, 5.74) is 5.00. The molecule has 0 saturated carbocycles. The molecule has 0 aliphatic heterocycles. The number of amides is 2. The van der Waals surface area contributed by atoms with Gasteiger partial charge in [0.2, 0.25) is 0 Å². The van der Waals surface area contributed by atoms with Crippen molar-refractivity contribution >= 4 is 28.6 Å². The van der Waals surface area contributed by atoms with Crippen LogP contribution >= 0.6 is 0 Å². The van der Waals surface area contributed by atoms with Crippen LogP contribution in [0.1, 0.15) is 10.4 Å². The molecule has 3 aromatic carbocycles. The average molecular weight is 457 g/mol. The number of aliphatic hydroxyl groups excluding tert-OH is 1. The number of nitrogens with one attached hydrogen (secondary N) is 1. The molecule has 0 atom stereocenters. The number of anilines is 1. The Balaban J connectivity index is 1.89. The van der Waals surface area contributed by atoms with Gasteiger partial charge in [-0.05, 0) is 18.2 Å². The number of rotatable bonds is 6. The van der Waals surface area contributed by atoms with Crippen molar-refractivity contribution in [1.29, 1.82) is 0 Å². The van der Waals surface area contributed by atoms with E-state index in [2.05, 4.69) is 5.43 Å². The zero-order valence-electron chi connectivity index (χ0n) is 18.5. The number of aliphatic hydroxyl groups is 1. The molecular formula is C26H23N3O5. The van der Waals surface area contributed by atoms with E-state index in [-0.39, 0.29) is 24.5 Å². The maximum atomic E-state index is 13.7. The van der Waals surface area contributed by atoms with Gasteiger partial charge in [0.15, 0.2) is 5.75 Å². The third kappa shape index (κ3) is 4.67. The molecule has 0 unspecified atom stereocenters. The number of pyridine rings is 1. The van der Waals surface area contributed by atoms with Crippen LogP contribution in [-0.4, -0.2) is 42.4 Å². The molecule has 0 aliphatic rings. The van der Waals surface area contributed by atoms with Crippen LogP contribution in [0.15, 0.2) is 84.9 Å². The summed E-state index contributed by atoms with van der Waals surface area (Å²) >= 11 is 0. The third-order valence-corrected chi connectivity index (χ3v) is 5.04. The molecule has 1 heterocycles. The number of nitrogens with zero attached hydrogens (tertiary/aromatic N) is 2. The van der Waals surface area contributed by atoms with Crippen LogP contribution in [0.5, 0.6) is 5.75 Å². The monoisotopic (exact) mass is 457 g/mol. The Labute approximate surface area is 196 Å². The Morgan fingerprint density at radius 1 is 0.941 bits per heavy atom. The summed E-state index contributed by atoms with van der Waals surface area (Å²) in [6.07, 6.45) is -0.765. The maximum Gasteiger partial charge on any atom is 0.433 e. The number of hydrogen-bond acceptors (Lipinski definition) is 6. The van der Waals surface area contributed by atoms with Crippen molar-refractivity contribution in [2.75, 3.05) is 25.3 Å². The van der Waals surface area contributed by atoms with E-state index in [1.54, 1.807) is 48.5 Å². The van der Waals surface area contributed by atoms with Crippen molar-refractivity contribution in [3.05, 3.63) is 90.5 Å². The summed E-state index contributed by atoms with van der Waals surface area (Å²) in [6, 6.07) is 25.1. The summed E-state index contributed by atoms with van der Waals surface area (Å²) in [5.74, 6) is -0.396. The minimum absolute atomic E-state index is 0.0421. The molecule has 2 amide bonds. The number of para-hydroxylation sites is 2. The van der Waals surface area contributed by atoms with Crippen molar-refractivity contribution in [2.24, 2.45) is 0 Å². The van der Waals surface area contributed by atoms with Crippen molar-refractivity contribution in [2.45, 2.75) is 0 Å². The Morgan fingerprint density at radius 2 is 1.59 bits per heavy atom. The van der Waals surface area contributed by atoms with E-state index in [0.717, 1.165) is 10.6 Å². The number of carbonyl (C=O) groups excluding carboxylic acids is 2. The van der Waals surface area contributed by atoms with Gasteiger partial charge in [-0.25, -0.2) is 9.78 Å². The van der Waals surface area contributed by atoms with Gasteiger partial charge in [-0.1, -0.05) is 66.7 Å². The summed E-state index contributed by atoms with van der Waals surface area (Å²) < 4.78 is 10.7.